The standard InChI is InChI=1S/C29H34N6O3S/c1-4-19-39(36,37)34-26-20(2)10-13-23-22(26)12-11-21(3)27(23)38-28-24(9-8-15-30-28)25-14-16-31-29(32-25)33-35-17-6-5-7-18-35/h8-16,34H,4-7,17-19H2,1-3H3,(H,31,32,33). The number of ether oxygens (including phenoxy) is 1. The van der Waals surface area contributed by atoms with Gasteiger partial charge in [0.05, 0.1) is 22.7 Å². The fraction of sp³-hybridized carbons (Fsp3) is 0.345. The molecule has 10 heteroatoms. The van der Waals surface area contributed by atoms with Gasteiger partial charge in [0, 0.05) is 36.3 Å². The van der Waals surface area contributed by atoms with E-state index in [4.69, 9.17) is 9.72 Å². The Morgan fingerprint density at radius 2 is 1.69 bits per heavy atom. The van der Waals surface area contributed by atoms with Crippen LogP contribution in [0.4, 0.5) is 11.6 Å². The zero-order chi connectivity index (χ0) is 27.4. The smallest absolute Gasteiger partial charge is 0.238 e. The lowest BCUT2D eigenvalue weighted by Gasteiger charge is -2.26. The van der Waals surface area contributed by atoms with Crippen molar-refractivity contribution in [1.82, 2.24) is 20.0 Å². The van der Waals surface area contributed by atoms with Gasteiger partial charge in [-0.25, -0.2) is 28.4 Å². The molecule has 5 rings (SSSR count). The Hall–Kier alpha value is -3.76. The number of hydrogen-bond acceptors (Lipinski definition) is 8. The molecule has 0 atom stereocenters. The summed E-state index contributed by atoms with van der Waals surface area (Å²) < 4.78 is 34.5. The molecule has 0 aliphatic carbocycles. The summed E-state index contributed by atoms with van der Waals surface area (Å²) in [4.78, 5) is 13.7. The zero-order valence-corrected chi connectivity index (χ0v) is 23.4. The van der Waals surface area contributed by atoms with Crippen molar-refractivity contribution in [2.24, 2.45) is 0 Å². The third-order valence-corrected chi connectivity index (χ3v) is 8.26. The molecule has 1 aliphatic heterocycles. The number of nitrogens with zero attached hydrogens (tertiary/aromatic N) is 4. The molecule has 1 saturated heterocycles. The molecule has 3 heterocycles. The van der Waals surface area contributed by atoms with E-state index in [9.17, 15) is 8.42 Å². The fourth-order valence-corrected chi connectivity index (χ4v) is 6.04. The highest BCUT2D eigenvalue weighted by Gasteiger charge is 2.19. The van der Waals surface area contributed by atoms with Crippen molar-refractivity contribution in [3.63, 3.8) is 0 Å². The van der Waals surface area contributed by atoms with Crippen molar-refractivity contribution in [3.8, 4) is 22.9 Å². The van der Waals surface area contributed by atoms with E-state index in [0.717, 1.165) is 53.4 Å². The molecule has 1 fully saturated rings. The van der Waals surface area contributed by atoms with Gasteiger partial charge in [-0.15, -0.1) is 0 Å². The van der Waals surface area contributed by atoms with Crippen LogP contribution in [0.5, 0.6) is 11.6 Å². The van der Waals surface area contributed by atoms with Crippen LogP contribution in [0.25, 0.3) is 22.0 Å². The van der Waals surface area contributed by atoms with Gasteiger partial charge in [0.1, 0.15) is 5.75 Å². The maximum absolute atomic E-state index is 12.6. The molecule has 0 unspecified atom stereocenters. The van der Waals surface area contributed by atoms with Crippen LogP contribution < -0.4 is 14.9 Å². The third-order valence-electron chi connectivity index (χ3n) is 6.80. The largest absolute Gasteiger partial charge is 0.437 e. The Bertz CT molecular complexity index is 1590. The van der Waals surface area contributed by atoms with Gasteiger partial charge in [-0.05, 0) is 62.4 Å². The topological polar surface area (TPSA) is 109 Å². The number of rotatable bonds is 9. The van der Waals surface area contributed by atoms with Gasteiger partial charge in [-0.2, -0.15) is 0 Å². The number of piperidine rings is 1. The molecule has 4 aromatic rings. The van der Waals surface area contributed by atoms with Crippen molar-refractivity contribution < 1.29 is 13.2 Å². The first-order valence-corrected chi connectivity index (χ1v) is 15.0. The first kappa shape index (κ1) is 26.8. The average molecular weight is 547 g/mol. The maximum Gasteiger partial charge on any atom is 0.238 e. The molecule has 0 radical (unpaired) electrons. The monoisotopic (exact) mass is 546 g/mol. The van der Waals surface area contributed by atoms with Gasteiger partial charge in [-0.1, -0.05) is 37.6 Å². The second-order valence-corrected chi connectivity index (χ2v) is 11.7. The average Bonchev–Trinajstić information content (AvgIpc) is 2.92. The van der Waals surface area contributed by atoms with Crippen LogP contribution in [0.3, 0.4) is 0 Å². The van der Waals surface area contributed by atoms with Crippen LogP contribution in [0.2, 0.25) is 0 Å². The molecule has 0 spiro atoms. The van der Waals surface area contributed by atoms with Gasteiger partial charge >= 0.3 is 0 Å². The van der Waals surface area contributed by atoms with Gasteiger partial charge in [-0.3, -0.25) is 10.1 Å². The van der Waals surface area contributed by atoms with Crippen molar-refractivity contribution in [2.45, 2.75) is 46.5 Å². The first-order chi connectivity index (χ1) is 18.8. The number of aromatic nitrogens is 3. The predicted octanol–water partition coefficient (Wildman–Crippen LogP) is 6.07. The summed E-state index contributed by atoms with van der Waals surface area (Å²) in [6.45, 7) is 7.63. The van der Waals surface area contributed by atoms with Crippen LogP contribution in [-0.4, -0.2) is 47.2 Å². The van der Waals surface area contributed by atoms with Crippen LogP contribution >= 0.6 is 0 Å². The van der Waals surface area contributed by atoms with E-state index in [1.807, 2.05) is 63.2 Å². The normalized spacial score (nSPS) is 14.3. The van der Waals surface area contributed by atoms with Gasteiger partial charge in [0.25, 0.3) is 0 Å². The predicted molar refractivity (Wildman–Crippen MR) is 156 cm³/mol. The van der Waals surface area contributed by atoms with Gasteiger partial charge in [0.15, 0.2) is 0 Å². The molecule has 204 valence electrons. The fourth-order valence-electron chi connectivity index (χ4n) is 4.82. The highest BCUT2D eigenvalue weighted by atomic mass is 32.2. The molecule has 0 amide bonds. The number of hydrazine groups is 1. The van der Waals surface area contributed by atoms with E-state index in [1.165, 1.54) is 6.42 Å². The third kappa shape index (κ3) is 6.12. The molecule has 9 nitrogen and oxygen atoms in total. The minimum atomic E-state index is -3.46. The number of sulfonamides is 1. The number of anilines is 2. The van der Waals surface area contributed by atoms with Crippen LogP contribution in [-0.2, 0) is 10.0 Å². The Balaban J connectivity index is 1.51. The zero-order valence-electron chi connectivity index (χ0n) is 22.6. The number of hydrogen-bond donors (Lipinski definition) is 2. The van der Waals surface area contributed by atoms with E-state index >= 15 is 0 Å². The molecule has 0 saturated carbocycles. The second-order valence-electron chi connectivity index (χ2n) is 9.87. The van der Waals surface area contributed by atoms with E-state index < -0.39 is 10.0 Å². The molecule has 1 aliphatic rings. The van der Waals surface area contributed by atoms with Crippen molar-refractivity contribution in [1.29, 1.82) is 0 Å². The van der Waals surface area contributed by atoms with E-state index in [0.29, 0.717) is 35.4 Å². The van der Waals surface area contributed by atoms with Crippen molar-refractivity contribution in [3.05, 3.63) is 66.0 Å². The van der Waals surface area contributed by atoms with Gasteiger partial charge in [0.2, 0.25) is 21.9 Å². The highest BCUT2D eigenvalue weighted by molar-refractivity contribution is 7.92. The molecular formula is C29H34N6O3S. The lowest BCUT2D eigenvalue weighted by atomic mass is 10.0. The lowest BCUT2D eigenvalue weighted by molar-refractivity contribution is 0.271. The molecule has 2 aromatic carbocycles. The number of fused-ring (bicyclic) bond motifs is 1. The quantitative estimate of drug-likeness (QED) is 0.261. The number of pyridine rings is 1. The van der Waals surface area contributed by atoms with E-state index in [2.05, 4.69) is 25.1 Å². The minimum absolute atomic E-state index is 0.0584. The Morgan fingerprint density at radius 3 is 2.49 bits per heavy atom. The molecule has 39 heavy (non-hydrogen) atoms. The first-order valence-electron chi connectivity index (χ1n) is 13.4. The SMILES string of the molecule is CCCS(=O)(=O)Nc1c(C)ccc2c(Oc3ncccc3-c3ccnc(NN4CCCCC4)n3)c(C)ccc12. The van der Waals surface area contributed by atoms with E-state index in [1.54, 1.807) is 12.4 Å². The summed E-state index contributed by atoms with van der Waals surface area (Å²) in [6, 6.07) is 13.3. The number of benzene rings is 2. The summed E-state index contributed by atoms with van der Waals surface area (Å²) in [7, 11) is -3.46. The van der Waals surface area contributed by atoms with Crippen LogP contribution in [0, 0.1) is 13.8 Å². The summed E-state index contributed by atoms with van der Waals surface area (Å²) in [5.41, 5.74) is 7.05. The summed E-state index contributed by atoms with van der Waals surface area (Å²) >= 11 is 0. The van der Waals surface area contributed by atoms with Crippen LogP contribution in [0.1, 0.15) is 43.7 Å². The van der Waals surface area contributed by atoms with E-state index in [-0.39, 0.29) is 5.75 Å². The summed E-state index contributed by atoms with van der Waals surface area (Å²) in [6.07, 6.45) is 7.49. The van der Waals surface area contributed by atoms with Crippen molar-refractivity contribution in [2.75, 3.05) is 29.0 Å². The van der Waals surface area contributed by atoms with Gasteiger partial charge < -0.3 is 4.74 Å². The summed E-state index contributed by atoms with van der Waals surface area (Å²) in [5, 5.41) is 3.71. The second kappa shape index (κ2) is 11.5. The Kier molecular flexibility index (Phi) is 7.94. The molecule has 2 N–H and O–H groups in total. The molecular weight excluding hydrogens is 512 g/mol. The number of nitrogens with one attached hydrogen (secondary N) is 2. The highest BCUT2D eigenvalue weighted by Crippen LogP contribution is 2.40. The molecule has 0 bridgehead atoms. The minimum Gasteiger partial charge on any atom is -0.437 e. The Labute approximate surface area is 229 Å². The molecule has 2 aromatic heterocycles. The lowest BCUT2D eigenvalue weighted by Crippen LogP contribution is -2.35. The summed E-state index contributed by atoms with van der Waals surface area (Å²) in [5.74, 6) is 1.61. The van der Waals surface area contributed by atoms with Crippen molar-refractivity contribution >= 4 is 32.4 Å². The maximum atomic E-state index is 12.6. The van der Waals surface area contributed by atoms with Crippen LogP contribution in [0.15, 0.2) is 54.9 Å². The number of aryl methyl sites for hydroxylation is 2. The Morgan fingerprint density at radius 1 is 0.923 bits per heavy atom.